The summed E-state index contributed by atoms with van der Waals surface area (Å²) in [5.74, 6) is -3.73. The van der Waals surface area contributed by atoms with Crippen molar-refractivity contribution in [3.05, 3.63) is 12.2 Å². The van der Waals surface area contributed by atoms with E-state index in [-0.39, 0.29) is 0 Å². The maximum absolute atomic E-state index is 9.93. The second-order valence-corrected chi connectivity index (χ2v) is 1.80. The van der Waals surface area contributed by atoms with E-state index in [0.717, 1.165) is 6.92 Å². The fourth-order valence-electron chi connectivity index (χ4n) is 0.203. The second-order valence-electron chi connectivity index (χ2n) is 1.80. The van der Waals surface area contributed by atoms with Gasteiger partial charge in [0.05, 0.1) is 5.57 Å². The summed E-state index contributed by atoms with van der Waals surface area (Å²) in [6, 6.07) is 0. The lowest BCUT2D eigenvalue weighted by molar-refractivity contribution is -0.147. The van der Waals surface area contributed by atoms with Crippen LogP contribution in [-0.2, 0) is 4.79 Å². The van der Waals surface area contributed by atoms with Gasteiger partial charge in [0.15, 0.2) is 5.79 Å². The summed E-state index contributed by atoms with van der Waals surface area (Å²) in [4.78, 5) is 9.93. The average molecular weight is 132 g/mol. The standard InChI is InChI=1S/C5H8O4/c1-3(4(6)7)5(2,8)9/h8-9H,1H2,2H3,(H,6,7). The Morgan fingerprint density at radius 2 is 1.89 bits per heavy atom. The van der Waals surface area contributed by atoms with Crippen molar-refractivity contribution in [3.63, 3.8) is 0 Å². The molecule has 0 radical (unpaired) electrons. The first-order valence-electron chi connectivity index (χ1n) is 2.23. The zero-order valence-corrected chi connectivity index (χ0v) is 4.96. The van der Waals surface area contributed by atoms with Gasteiger partial charge in [0, 0.05) is 0 Å². The van der Waals surface area contributed by atoms with Crippen molar-refractivity contribution in [3.8, 4) is 0 Å². The Bertz CT molecular complexity index is 142. The second kappa shape index (κ2) is 2.16. The highest BCUT2D eigenvalue weighted by Crippen LogP contribution is 2.08. The van der Waals surface area contributed by atoms with Gasteiger partial charge in [-0.25, -0.2) is 4.79 Å². The molecule has 0 aliphatic heterocycles. The molecule has 0 atom stereocenters. The van der Waals surface area contributed by atoms with Crippen molar-refractivity contribution < 1.29 is 20.1 Å². The zero-order chi connectivity index (χ0) is 7.65. The lowest BCUT2D eigenvalue weighted by Crippen LogP contribution is -2.29. The molecule has 0 aromatic carbocycles. The molecule has 0 spiro atoms. The fraction of sp³-hybridized carbons (Fsp3) is 0.400. The highest BCUT2D eigenvalue weighted by molar-refractivity contribution is 5.87. The normalized spacial score (nSPS) is 11.0. The van der Waals surface area contributed by atoms with Crippen molar-refractivity contribution >= 4 is 5.97 Å². The minimum atomic E-state index is -2.31. The van der Waals surface area contributed by atoms with Gasteiger partial charge in [-0.05, 0) is 6.92 Å². The van der Waals surface area contributed by atoms with Crippen molar-refractivity contribution in [2.45, 2.75) is 12.7 Å². The average Bonchev–Trinajstić information content (AvgIpc) is 1.62. The van der Waals surface area contributed by atoms with E-state index in [4.69, 9.17) is 15.3 Å². The van der Waals surface area contributed by atoms with Crippen LogP contribution in [0.5, 0.6) is 0 Å². The smallest absolute Gasteiger partial charge is 0.336 e. The number of carboxylic acids is 1. The summed E-state index contributed by atoms with van der Waals surface area (Å²) in [6.45, 7) is 3.86. The van der Waals surface area contributed by atoms with E-state index in [1.807, 2.05) is 0 Å². The maximum atomic E-state index is 9.93. The van der Waals surface area contributed by atoms with Gasteiger partial charge in [-0.1, -0.05) is 6.58 Å². The van der Waals surface area contributed by atoms with Gasteiger partial charge in [0.2, 0.25) is 0 Å². The van der Waals surface area contributed by atoms with Crippen LogP contribution in [0.25, 0.3) is 0 Å². The summed E-state index contributed by atoms with van der Waals surface area (Å²) in [5, 5.41) is 25.2. The van der Waals surface area contributed by atoms with Crippen LogP contribution in [0.3, 0.4) is 0 Å². The van der Waals surface area contributed by atoms with Gasteiger partial charge in [0.1, 0.15) is 0 Å². The summed E-state index contributed by atoms with van der Waals surface area (Å²) >= 11 is 0. The number of hydrogen-bond donors (Lipinski definition) is 3. The summed E-state index contributed by atoms with van der Waals surface area (Å²) in [5.41, 5.74) is -0.637. The maximum Gasteiger partial charge on any atom is 0.336 e. The molecule has 4 nitrogen and oxygen atoms in total. The molecule has 0 rings (SSSR count). The Morgan fingerprint density at radius 1 is 1.56 bits per heavy atom. The number of carbonyl (C=O) groups is 1. The molecule has 0 heterocycles. The van der Waals surface area contributed by atoms with Crippen molar-refractivity contribution in [2.24, 2.45) is 0 Å². The predicted molar refractivity (Wildman–Crippen MR) is 29.6 cm³/mol. The van der Waals surface area contributed by atoms with Crippen molar-refractivity contribution in [2.75, 3.05) is 0 Å². The van der Waals surface area contributed by atoms with E-state index in [0.29, 0.717) is 0 Å². The molecule has 0 bridgehead atoms. The lowest BCUT2D eigenvalue weighted by Gasteiger charge is -2.14. The van der Waals surface area contributed by atoms with E-state index < -0.39 is 17.3 Å². The van der Waals surface area contributed by atoms with Gasteiger partial charge in [-0.15, -0.1) is 0 Å². The van der Waals surface area contributed by atoms with Crippen LogP contribution in [-0.4, -0.2) is 27.1 Å². The third-order valence-corrected chi connectivity index (χ3v) is 0.830. The Balaban J connectivity index is 4.23. The largest absolute Gasteiger partial charge is 0.478 e. The minimum absolute atomic E-state index is 0.637. The molecule has 0 aromatic rings. The van der Waals surface area contributed by atoms with Crippen LogP contribution >= 0.6 is 0 Å². The minimum Gasteiger partial charge on any atom is -0.478 e. The third-order valence-electron chi connectivity index (χ3n) is 0.830. The van der Waals surface area contributed by atoms with E-state index in [9.17, 15) is 4.79 Å². The van der Waals surface area contributed by atoms with Crippen LogP contribution < -0.4 is 0 Å². The summed E-state index contributed by atoms with van der Waals surface area (Å²) < 4.78 is 0. The molecule has 0 fully saturated rings. The molecule has 0 aliphatic rings. The number of carboxylic acid groups (broad SMARTS) is 1. The van der Waals surface area contributed by atoms with Crippen molar-refractivity contribution in [1.29, 1.82) is 0 Å². The van der Waals surface area contributed by atoms with E-state index in [2.05, 4.69) is 6.58 Å². The molecule has 0 aromatic heterocycles. The Kier molecular flexibility index (Phi) is 1.95. The van der Waals surface area contributed by atoms with Crippen LogP contribution in [0.2, 0.25) is 0 Å². The van der Waals surface area contributed by atoms with Gasteiger partial charge in [-0.2, -0.15) is 0 Å². The van der Waals surface area contributed by atoms with Crippen LogP contribution in [0.1, 0.15) is 6.92 Å². The number of rotatable bonds is 2. The first kappa shape index (κ1) is 8.13. The molecule has 0 saturated carbocycles. The lowest BCUT2D eigenvalue weighted by atomic mass is 10.1. The van der Waals surface area contributed by atoms with Crippen LogP contribution in [0.4, 0.5) is 0 Å². The Morgan fingerprint density at radius 3 is 1.89 bits per heavy atom. The number of aliphatic carboxylic acids is 1. The molecular weight excluding hydrogens is 124 g/mol. The monoisotopic (exact) mass is 132 g/mol. The summed E-state index contributed by atoms with van der Waals surface area (Å²) in [7, 11) is 0. The van der Waals surface area contributed by atoms with Gasteiger partial charge >= 0.3 is 5.97 Å². The van der Waals surface area contributed by atoms with Gasteiger partial charge < -0.3 is 15.3 Å². The van der Waals surface area contributed by atoms with E-state index in [1.165, 1.54) is 0 Å². The van der Waals surface area contributed by atoms with Gasteiger partial charge in [0.25, 0.3) is 0 Å². The number of aliphatic hydroxyl groups is 2. The quantitative estimate of drug-likeness (QED) is 0.344. The SMILES string of the molecule is C=C(C(=O)O)C(C)(O)O. The van der Waals surface area contributed by atoms with Crippen LogP contribution in [0.15, 0.2) is 12.2 Å². The Labute approximate surface area is 52.1 Å². The summed E-state index contributed by atoms with van der Waals surface area (Å²) in [6.07, 6.45) is 0. The highest BCUT2D eigenvalue weighted by atomic mass is 16.5. The van der Waals surface area contributed by atoms with Crippen LogP contribution in [0, 0.1) is 0 Å². The number of hydrogen-bond acceptors (Lipinski definition) is 3. The third kappa shape index (κ3) is 2.25. The van der Waals surface area contributed by atoms with Crippen molar-refractivity contribution in [1.82, 2.24) is 0 Å². The van der Waals surface area contributed by atoms with E-state index in [1.54, 1.807) is 0 Å². The molecule has 9 heavy (non-hydrogen) atoms. The molecule has 0 unspecified atom stereocenters. The predicted octanol–water partition coefficient (Wildman–Crippen LogP) is -0.672. The molecule has 0 saturated heterocycles. The fourth-order valence-corrected chi connectivity index (χ4v) is 0.203. The first-order chi connectivity index (χ1) is 3.85. The molecule has 52 valence electrons. The molecule has 0 aliphatic carbocycles. The first-order valence-corrected chi connectivity index (χ1v) is 2.23. The molecule has 3 N–H and O–H groups in total. The van der Waals surface area contributed by atoms with Gasteiger partial charge in [-0.3, -0.25) is 0 Å². The molecule has 4 heteroatoms. The zero-order valence-electron chi connectivity index (χ0n) is 4.96. The Hall–Kier alpha value is -0.870. The highest BCUT2D eigenvalue weighted by Gasteiger charge is 2.25. The topological polar surface area (TPSA) is 77.8 Å². The van der Waals surface area contributed by atoms with E-state index >= 15 is 0 Å². The molecular formula is C5H8O4. The molecule has 0 amide bonds.